The molecule has 0 atom stereocenters. The Morgan fingerprint density at radius 2 is 2.17 bits per heavy atom. The molecule has 0 aliphatic rings. The van der Waals surface area contributed by atoms with Crippen LogP contribution in [0.2, 0.25) is 0 Å². The highest BCUT2D eigenvalue weighted by molar-refractivity contribution is 7.10. The van der Waals surface area contributed by atoms with Gasteiger partial charge in [-0.25, -0.2) is 0 Å². The number of nitriles is 1. The minimum Gasteiger partial charge on any atom is -0.345 e. The molecule has 0 fully saturated rings. The number of benzene rings is 1. The maximum absolute atomic E-state index is 9.09. The lowest BCUT2D eigenvalue weighted by molar-refractivity contribution is 0.867. The maximum atomic E-state index is 9.09. The van der Waals surface area contributed by atoms with E-state index < -0.39 is 0 Å². The molecule has 1 aromatic carbocycles. The Morgan fingerprint density at radius 3 is 2.83 bits per heavy atom. The second-order valence-electron chi connectivity index (χ2n) is 4.49. The predicted molar refractivity (Wildman–Crippen MR) is 75.4 cm³/mol. The molecule has 0 aliphatic heterocycles. The zero-order valence-corrected chi connectivity index (χ0v) is 11.5. The van der Waals surface area contributed by atoms with Crippen molar-refractivity contribution in [3.8, 4) is 6.07 Å². The SMILES string of the molecule is Cc1nsc(Nc2cccc(C(C)C)c2)c1C#N. The van der Waals surface area contributed by atoms with Crippen LogP contribution in [0.1, 0.15) is 36.6 Å². The summed E-state index contributed by atoms with van der Waals surface area (Å²) in [5, 5.41) is 13.2. The molecule has 0 bridgehead atoms. The quantitative estimate of drug-likeness (QED) is 0.896. The Kier molecular flexibility index (Phi) is 3.63. The number of rotatable bonds is 3. The van der Waals surface area contributed by atoms with Gasteiger partial charge in [0, 0.05) is 5.69 Å². The summed E-state index contributed by atoms with van der Waals surface area (Å²) in [5.74, 6) is 0.491. The van der Waals surface area contributed by atoms with E-state index in [0.717, 1.165) is 16.4 Å². The third kappa shape index (κ3) is 2.52. The van der Waals surface area contributed by atoms with Crippen molar-refractivity contribution in [2.45, 2.75) is 26.7 Å². The molecule has 0 radical (unpaired) electrons. The molecule has 0 saturated heterocycles. The molecule has 18 heavy (non-hydrogen) atoms. The molecule has 0 spiro atoms. The van der Waals surface area contributed by atoms with Crippen LogP contribution in [0.3, 0.4) is 0 Å². The Morgan fingerprint density at radius 1 is 1.39 bits per heavy atom. The first-order valence-electron chi connectivity index (χ1n) is 5.85. The Bertz CT molecular complexity index is 593. The Labute approximate surface area is 111 Å². The summed E-state index contributed by atoms with van der Waals surface area (Å²) in [6, 6.07) is 10.4. The molecule has 1 aromatic heterocycles. The molecule has 1 heterocycles. The molecular weight excluding hydrogens is 242 g/mol. The van der Waals surface area contributed by atoms with E-state index in [9.17, 15) is 0 Å². The van der Waals surface area contributed by atoms with Crippen LogP contribution in [0.4, 0.5) is 10.7 Å². The summed E-state index contributed by atoms with van der Waals surface area (Å²) in [5.41, 5.74) is 3.70. The van der Waals surface area contributed by atoms with Gasteiger partial charge in [0.05, 0.1) is 5.69 Å². The third-order valence-electron chi connectivity index (χ3n) is 2.79. The van der Waals surface area contributed by atoms with Crippen LogP contribution in [0.5, 0.6) is 0 Å². The second kappa shape index (κ2) is 5.19. The fourth-order valence-corrected chi connectivity index (χ4v) is 2.46. The molecule has 0 amide bonds. The van der Waals surface area contributed by atoms with Crippen molar-refractivity contribution < 1.29 is 0 Å². The van der Waals surface area contributed by atoms with Crippen molar-refractivity contribution >= 4 is 22.2 Å². The van der Waals surface area contributed by atoms with Gasteiger partial charge in [-0.1, -0.05) is 26.0 Å². The highest BCUT2D eigenvalue weighted by Crippen LogP contribution is 2.28. The number of nitrogens with zero attached hydrogens (tertiary/aromatic N) is 2. The minimum absolute atomic E-state index is 0.491. The molecule has 3 nitrogen and oxygen atoms in total. The number of aryl methyl sites for hydroxylation is 1. The molecule has 4 heteroatoms. The Balaban J connectivity index is 2.29. The first kappa shape index (κ1) is 12.6. The van der Waals surface area contributed by atoms with Gasteiger partial charge in [0.15, 0.2) is 0 Å². The lowest BCUT2D eigenvalue weighted by Gasteiger charge is -2.09. The van der Waals surface area contributed by atoms with E-state index in [0.29, 0.717) is 11.5 Å². The van der Waals surface area contributed by atoms with Gasteiger partial charge in [0.25, 0.3) is 0 Å². The molecule has 0 saturated carbocycles. The van der Waals surface area contributed by atoms with Crippen LogP contribution in [-0.4, -0.2) is 4.37 Å². The molecule has 1 N–H and O–H groups in total. The fourth-order valence-electron chi connectivity index (χ4n) is 1.69. The van der Waals surface area contributed by atoms with Crippen molar-refractivity contribution in [3.05, 3.63) is 41.1 Å². The van der Waals surface area contributed by atoms with Crippen LogP contribution in [0.15, 0.2) is 24.3 Å². The van der Waals surface area contributed by atoms with E-state index in [1.165, 1.54) is 17.1 Å². The Hall–Kier alpha value is -1.86. The number of hydrogen-bond donors (Lipinski definition) is 1. The van der Waals surface area contributed by atoms with E-state index in [2.05, 4.69) is 41.7 Å². The summed E-state index contributed by atoms with van der Waals surface area (Å²) in [6.45, 7) is 6.18. The second-order valence-corrected chi connectivity index (χ2v) is 5.26. The van der Waals surface area contributed by atoms with Gasteiger partial charge >= 0.3 is 0 Å². The monoisotopic (exact) mass is 257 g/mol. The highest BCUT2D eigenvalue weighted by atomic mass is 32.1. The van der Waals surface area contributed by atoms with Gasteiger partial charge in [-0.15, -0.1) is 0 Å². The summed E-state index contributed by atoms with van der Waals surface area (Å²) < 4.78 is 4.20. The fraction of sp³-hybridized carbons (Fsp3) is 0.286. The highest BCUT2D eigenvalue weighted by Gasteiger charge is 2.10. The van der Waals surface area contributed by atoms with Crippen molar-refractivity contribution in [2.75, 3.05) is 5.32 Å². The summed E-state index contributed by atoms with van der Waals surface area (Å²) in [6.07, 6.45) is 0. The first-order valence-corrected chi connectivity index (χ1v) is 6.62. The van der Waals surface area contributed by atoms with Crippen molar-refractivity contribution in [1.82, 2.24) is 4.37 Å². The topological polar surface area (TPSA) is 48.7 Å². The standard InChI is InChI=1S/C14H15N3S/c1-9(2)11-5-4-6-12(7-11)16-14-13(8-15)10(3)17-18-14/h4-7,9,16H,1-3H3. The predicted octanol–water partition coefficient (Wildman–Crippen LogP) is 4.19. The van der Waals surface area contributed by atoms with Gasteiger partial charge in [-0.05, 0) is 42.1 Å². The van der Waals surface area contributed by atoms with Gasteiger partial charge < -0.3 is 5.32 Å². The molecule has 2 rings (SSSR count). The molecule has 2 aromatic rings. The lowest BCUT2D eigenvalue weighted by Crippen LogP contribution is -1.93. The molecule has 0 aliphatic carbocycles. The first-order chi connectivity index (χ1) is 8.61. The van der Waals surface area contributed by atoms with Crippen LogP contribution < -0.4 is 5.32 Å². The average molecular weight is 257 g/mol. The van der Waals surface area contributed by atoms with Crippen molar-refractivity contribution in [2.24, 2.45) is 0 Å². The zero-order chi connectivity index (χ0) is 13.1. The smallest absolute Gasteiger partial charge is 0.132 e. The number of nitrogens with one attached hydrogen (secondary N) is 1. The minimum atomic E-state index is 0.491. The largest absolute Gasteiger partial charge is 0.345 e. The zero-order valence-electron chi connectivity index (χ0n) is 10.7. The summed E-state index contributed by atoms with van der Waals surface area (Å²) >= 11 is 1.33. The van der Waals surface area contributed by atoms with E-state index in [1.54, 1.807) is 0 Å². The molecular formula is C14H15N3S. The van der Waals surface area contributed by atoms with Crippen LogP contribution in [0, 0.1) is 18.3 Å². The van der Waals surface area contributed by atoms with Crippen LogP contribution in [-0.2, 0) is 0 Å². The van der Waals surface area contributed by atoms with E-state index in [4.69, 9.17) is 5.26 Å². The summed E-state index contributed by atoms with van der Waals surface area (Å²) in [4.78, 5) is 0. The van der Waals surface area contributed by atoms with Crippen LogP contribution >= 0.6 is 11.5 Å². The number of hydrogen-bond acceptors (Lipinski definition) is 4. The van der Waals surface area contributed by atoms with Gasteiger partial charge in [-0.2, -0.15) is 9.64 Å². The average Bonchev–Trinajstić information content (AvgIpc) is 2.70. The maximum Gasteiger partial charge on any atom is 0.132 e. The third-order valence-corrected chi connectivity index (χ3v) is 3.64. The van der Waals surface area contributed by atoms with E-state index >= 15 is 0 Å². The van der Waals surface area contributed by atoms with E-state index in [1.807, 2.05) is 19.1 Å². The molecule has 0 unspecified atom stereocenters. The van der Waals surface area contributed by atoms with Gasteiger partial charge in [0.2, 0.25) is 0 Å². The molecule has 92 valence electrons. The number of anilines is 2. The number of aromatic nitrogens is 1. The van der Waals surface area contributed by atoms with Gasteiger partial charge in [0.1, 0.15) is 16.6 Å². The normalized spacial score (nSPS) is 10.4. The van der Waals surface area contributed by atoms with Crippen molar-refractivity contribution in [3.63, 3.8) is 0 Å². The summed E-state index contributed by atoms with van der Waals surface area (Å²) in [7, 11) is 0. The van der Waals surface area contributed by atoms with Crippen molar-refractivity contribution in [1.29, 1.82) is 5.26 Å². The van der Waals surface area contributed by atoms with Gasteiger partial charge in [-0.3, -0.25) is 0 Å². The lowest BCUT2D eigenvalue weighted by atomic mass is 10.0. The van der Waals surface area contributed by atoms with E-state index in [-0.39, 0.29) is 0 Å². The van der Waals surface area contributed by atoms with Crippen LogP contribution in [0.25, 0.3) is 0 Å².